The molecule has 13 heavy (non-hydrogen) atoms. The summed E-state index contributed by atoms with van der Waals surface area (Å²) in [5, 5.41) is 0.787. The minimum atomic E-state index is -0.368. The van der Waals surface area contributed by atoms with Gasteiger partial charge in [-0.05, 0) is 12.1 Å². The fraction of sp³-hybridized carbons (Fsp3) is 0.250. The van der Waals surface area contributed by atoms with Crippen molar-refractivity contribution in [3.63, 3.8) is 0 Å². The van der Waals surface area contributed by atoms with Crippen molar-refractivity contribution in [3.8, 4) is 0 Å². The molecule has 0 radical (unpaired) electrons. The number of nitrogens with zero attached hydrogens (tertiary/aromatic N) is 2. The predicted octanol–water partition coefficient (Wildman–Crippen LogP) is 0.647. The Morgan fingerprint density at radius 2 is 1.85 bits per heavy atom. The van der Waals surface area contributed by atoms with Crippen molar-refractivity contribution < 1.29 is 14.5 Å². The highest BCUT2D eigenvalue weighted by Crippen LogP contribution is 2.02. The lowest BCUT2D eigenvalue weighted by atomic mass is 10.3. The molecule has 1 rings (SSSR count). The minimum absolute atomic E-state index is 0.368. The summed E-state index contributed by atoms with van der Waals surface area (Å²) in [5.41, 5.74) is 0.457. The van der Waals surface area contributed by atoms with Gasteiger partial charge in [-0.15, -0.1) is 0 Å². The summed E-state index contributed by atoms with van der Waals surface area (Å²) in [6.07, 6.45) is 3.05. The van der Waals surface area contributed by atoms with Crippen molar-refractivity contribution in [3.05, 3.63) is 30.1 Å². The Kier molecular flexibility index (Phi) is 3.36. The summed E-state index contributed by atoms with van der Waals surface area (Å²) in [6.45, 7) is 0. The maximum atomic E-state index is 11.5. The topological polar surface area (TPSA) is 51.7 Å². The van der Waals surface area contributed by atoms with E-state index in [1.165, 1.54) is 26.6 Å². The van der Waals surface area contributed by atoms with Gasteiger partial charge in [0.15, 0.2) is 0 Å². The third-order valence-electron chi connectivity index (χ3n) is 1.42. The van der Waals surface area contributed by atoms with E-state index in [-0.39, 0.29) is 5.91 Å². The monoisotopic (exact) mass is 182 g/mol. The third-order valence-corrected chi connectivity index (χ3v) is 1.42. The average molecular weight is 182 g/mol. The molecule has 1 heterocycles. The number of pyridine rings is 1. The summed E-state index contributed by atoms with van der Waals surface area (Å²) in [5.74, 6) is -0.368. The van der Waals surface area contributed by atoms with Gasteiger partial charge in [-0.25, -0.2) is 9.68 Å². The van der Waals surface area contributed by atoms with E-state index >= 15 is 0 Å². The first-order chi connectivity index (χ1) is 6.29. The molecule has 0 aliphatic heterocycles. The lowest BCUT2D eigenvalue weighted by Crippen LogP contribution is -2.28. The normalized spacial score (nSPS) is 9.69. The van der Waals surface area contributed by atoms with Crippen molar-refractivity contribution in [1.82, 2.24) is 10.2 Å². The number of hydroxylamine groups is 2. The second-order valence-electron chi connectivity index (χ2n) is 2.16. The number of aromatic nitrogens is 1. The SMILES string of the molecule is CON(OC)C(=O)c1ccncc1. The Morgan fingerprint density at radius 1 is 1.31 bits per heavy atom. The van der Waals surface area contributed by atoms with Crippen LogP contribution in [0.1, 0.15) is 10.4 Å². The van der Waals surface area contributed by atoms with Crippen molar-refractivity contribution in [1.29, 1.82) is 0 Å². The Balaban J connectivity index is 2.78. The molecule has 1 aromatic heterocycles. The number of hydrogen-bond acceptors (Lipinski definition) is 4. The van der Waals surface area contributed by atoms with Crippen LogP contribution >= 0.6 is 0 Å². The number of hydrogen-bond donors (Lipinski definition) is 0. The molecule has 70 valence electrons. The number of amides is 1. The van der Waals surface area contributed by atoms with Crippen LogP contribution < -0.4 is 0 Å². The molecule has 0 aliphatic rings. The number of rotatable bonds is 3. The summed E-state index contributed by atoms with van der Waals surface area (Å²) >= 11 is 0. The number of carbonyl (C=O) groups excluding carboxylic acids is 1. The molecule has 0 unspecified atom stereocenters. The van der Waals surface area contributed by atoms with Crippen LogP contribution in [-0.4, -0.2) is 30.3 Å². The molecule has 0 saturated heterocycles. The van der Waals surface area contributed by atoms with Crippen molar-refractivity contribution >= 4 is 5.91 Å². The van der Waals surface area contributed by atoms with E-state index in [4.69, 9.17) is 0 Å². The van der Waals surface area contributed by atoms with Gasteiger partial charge in [-0.1, -0.05) is 5.23 Å². The van der Waals surface area contributed by atoms with Gasteiger partial charge in [0.25, 0.3) is 0 Å². The van der Waals surface area contributed by atoms with Gasteiger partial charge in [-0.2, -0.15) is 0 Å². The highest BCUT2D eigenvalue weighted by molar-refractivity contribution is 5.92. The van der Waals surface area contributed by atoms with E-state index in [2.05, 4.69) is 14.7 Å². The average Bonchev–Trinajstić information content (AvgIpc) is 2.21. The lowest BCUT2D eigenvalue weighted by Gasteiger charge is -2.15. The van der Waals surface area contributed by atoms with Crippen molar-refractivity contribution in [2.24, 2.45) is 0 Å². The summed E-state index contributed by atoms with van der Waals surface area (Å²) in [6, 6.07) is 3.15. The van der Waals surface area contributed by atoms with Crippen LogP contribution in [0.15, 0.2) is 24.5 Å². The first kappa shape index (κ1) is 9.63. The quantitative estimate of drug-likeness (QED) is 0.644. The van der Waals surface area contributed by atoms with Crippen LogP contribution in [0.5, 0.6) is 0 Å². The van der Waals surface area contributed by atoms with Gasteiger partial charge in [0, 0.05) is 18.0 Å². The lowest BCUT2D eigenvalue weighted by molar-refractivity contribution is -0.299. The molecule has 0 aliphatic carbocycles. The van der Waals surface area contributed by atoms with E-state index in [0.29, 0.717) is 5.56 Å². The molecule has 1 amide bonds. The van der Waals surface area contributed by atoms with Crippen LogP contribution in [0.3, 0.4) is 0 Å². The summed E-state index contributed by atoms with van der Waals surface area (Å²) in [4.78, 5) is 24.6. The van der Waals surface area contributed by atoms with Gasteiger partial charge in [0.2, 0.25) is 0 Å². The van der Waals surface area contributed by atoms with Gasteiger partial charge in [0.1, 0.15) is 0 Å². The fourth-order valence-corrected chi connectivity index (χ4v) is 0.840. The highest BCUT2D eigenvalue weighted by Gasteiger charge is 2.14. The van der Waals surface area contributed by atoms with Gasteiger partial charge >= 0.3 is 5.91 Å². The molecule has 0 spiro atoms. The Bertz CT molecular complexity index is 272. The highest BCUT2D eigenvalue weighted by atomic mass is 16.9. The van der Waals surface area contributed by atoms with E-state index in [0.717, 1.165) is 5.23 Å². The molecule has 0 N–H and O–H groups in total. The van der Waals surface area contributed by atoms with Gasteiger partial charge in [-0.3, -0.25) is 9.78 Å². The molecular formula is C8H10N2O3. The Morgan fingerprint density at radius 3 is 2.31 bits per heavy atom. The first-order valence-electron chi connectivity index (χ1n) is 3.62. The second kappa shape index (κ2) is 4.54. The van der Waals surface area contributed by atoms with Crippen LogP contribution in [0, 0.1) is 0 Å². The zero-order valence-electron chi connectivity index (χ0n) is 7.43. The third kappa shape index (κ3) is 2.24. The maximum Gasteiger partial charge on any atom is 0.304 e. The standard InChI is InChI=1S/C8H10N2O3/c1-12-10(13-2)8(11)7-3-5-9-6-4-7/h3-6H,1-2H3. The van der Waals surface area contributed by atoms with Crippen molar-refractivity contribution in [2.75, 3.05) is 14.2 Å². The largest absolute Gasteiger partial charge is 0.304 e. The Labute approximate surface area is 75.8 Å². The molecule has 5 heteroatoms. The maximum absolute atomic E-state index is 11.5. The van der Waals surface area contributed by atoms with Crippen LogP contribution in [-0.2, 0) is 9.68 Å². The van der Waals surface area contributed by atoms with E-state index in [1.807, 2.05) is 0 Å². The van der Waals surface area contributed by atoms with Crippen molar-refractivity contribution in [2.45, 2.75) is 0 Å². The van der Waals surface area contributed by atoms with Crippen LogP contribution in [0.25, 0.3) is 0 Å². The van der Waals surface area contributed by atoms with Crippen LogP contribution in [0.4, 0.5) is 0 Å². The smallest absolute Gasteiger partial charge is 0.265 e. The zero-order valence-corrected chi connectivity index (χ0v) is 7.43. The predicted molar refractivity (Wildman–Crippen MR) is 44.4 cm³/mol. The molecule has 0 saturated carbocycles. The number of carbonyl (C=O) groups is 1. The fourth-order valence-electron chi connectivity index (χ4n) is 0.840. The van der Waals surface area contributed by atoms with Gasteiger partial charge < -0.3 is 0 Å². The minimum Gasteiger partial charge on any atom is -0.265 e. The molecule has 0 bridgehead atoms. The van der Waals surface area contributed by atoms with E-state index < -0.39 is 0 Å². The summed E-state index contributed by atoms with van der Waals surface area (Å²) in [7, 11) is 2.70. The van der Waals surface area contributed by atoms with E-state index in [9.17, 15) is 4.79 Å². The molecule has 1 aromatic rings. The molecule has 5 nitrogen and oxygen atoms in total. The molecule has 0 fully saturated rings. The molecular weight excluding hydrogens is 172 g/mol. The zero-order chi connectivity index (χ0) is 9.68. The first-order valence-corrected chi connectivity index (χ1v) is 3.62. The molecule has 0 atom stereocenters. The van der Waals surface area contributed by atoms with Crippen LogP contribution in [0.2, 0.25) is 0 Å². The van der Waals surface area contributed by atoms with Gasteiger partial charge in [0.05, 0.1) is 14.2 Å². The molecule has 0 aromatic carbocycles. The summed E-state index contributed by atoms with van der Waals surface area (Å²) < 4.78 is 0. The Hall–Kier alpha value is -1.46. The second-order valence-corrected chi connectivity index (χ2v) is 2.16. The van der Waals surface area contributed by atoms with E-state index in [1.54, 1.807) is 12.1 Å².